The highest BCUT2D eigenvalue weighted by Gasteiger charge is 2.33. The van der Waals surface area contributed by atoms with Crippen molar-refractivity contribution in [2.45, 2.75) is 6.54 Å². The molecule has 0 bridgehead atoms. The number of ether oxygens (including phenoxy) is 1. The molecule has 1 amide bonds. The molecule has 4 rings (SSSR count). The Morgan fingerprint density at radius 1 is 1.18 bits per heavy atom. The van der Waals surface area contributed by atoms with Gasteiger partial charge >= 0.3 is 0 Å². The van der Waals surface area contributed by atoms with Crippen molar-refractivity contribution in [3.8, 4) is 0 Å². The van der Waals surface area contributed by atoms with E-state index in [-0.39, 0.29) is 36.8 Å². The quantitative estimate of drug-likeness (QED) is 0.254. The maximum atomic E-state index is 13.3. The Labute approximate surface area is 210 Å². The molecule has 0 unspecified atom stereocenters. The molecule has 2 aromatic heterocycles. The van der Waals surface area contributed by atoms with Crippen LogP contribution in [0, 0.1) is 0 Å². The number of aliphatic hydroxyl groups excluding tert-OH is 1. The number of thioether (sulfide) groups is 1. The Morgan fingerprint density at radius 2 is 1.97 bits per heavy atom. The first-order valence-corrected chi connectivity index (χ1v) is 12.0. The third-order valence-electron chi connectivity index (χ3n) is 4.98. The van der Waals surface area contributed by atoms with Crippen LogP contribution in [0.2, 0.25) is 5.02 Å². The summed E-state index contributed by atoms with van der Waals surface area (Å²) in [6.07, 6.45) is 3.15. The lowest BCUT2D eigenvalue weighted by Crippen LogP contribution is -2.27. The number of carbonyl (C=O) groups excluding carboxylic acids is 1. The summed E-state index contributed by atoms with van der Waals surface area (Å²) in [6, 6.07) is 12.5. The standard InChI is InChI=1S/C23H21ClN4O4S2/c24-17-6-2-1-5-15(17)14-28-22(31)18(34-23(28)33)13-16-20(25-8-11-32-12-10-29)26-19-7-3-4-9-27(19)21(16)30/h1-7,9,13,25,29H,8,10-12,14H2/b18-13-. The van der Waals surface area contributed by atoms with Crippen LogP contribution in [-0.2, 0) is 16.1 Å². The Kier molecular flexibility index (Phi) is 7.96. The lowest BCUT2D eigenvalue weighted by Gasteiger charge is -2.15. The summed E-state index contributed by atoms with van der Waals surface area (Å²) in [7, 11) is 0. The molecular formula is C23H21ClN4O4S2. The highest BCUT2D eigenvalue weighted by Crippen LogP contribution is 2.34. The van der Waals surface area contributed by atoms with Crippen LogP contribution in [0.15, 0.2) is 58.4 Å². The van der Waals surface area contributed by atoms with Crippen LogP contribution in [0.3, 0.4) is 0 Å². The zero-order chi connectivity index (χ0) is 24.1. The van der Waals surface area contributed by atoms with E-state index in [1.54, 1.807) is 30.5 Å². The topological polar surface area (TPSA) is 96.2 Å². The molecule has 1 aliphatic heterocycles. The van der Waals surface area contributed by atoms with E-state index >= 15 is 0 Å². The van der Waals surface area contributed by atoms with E-state index in [0.29, 0.717) is 38.9 Å². The number of hydrogen-bond donors (Lipinski definition) is 2. The van der Waals surface area contributed by atoms with Crippen molar-refractivity contribution < 1.29 is 14.6 Å². The van der Waals surface area contributed by atoms with Crippen LogP contribution in [0.5, 0.6) is 0 Å². The first-order valence-electron chi connectivity index (χ1n) is 10.4. The number of thiocarbonyl (C=S) groups is 1. The lowest BCUT2D eigenvalue weighted by atomic mass is 10.2. The van der Waals surface area contributed by atoms with Crippen LogP contribution in [0.4, 0.5) is 5.82 Å². The van der Waals surface area contributed by atoms with E-state index in [1.807, 2.05) is 18.2 Å². The maximum Gasteiger partial charge on any atom is 0.267 e. The largest absolute Gasteiger partial charge is 0.394 e. The Hall–Kier alpha value is -2.76. The average molecular weight is 517 g/mol. The van der Waals surface area contributed by atoms with Crippen molar-refractivity contribution in [2.24, 2.45) is 0 Å². The number of amides is 1. The fraction of sp³-hybridized carbons (Fsp3) is 0.217. The molecule has 0 spiro atoms. The van der Waals surface area contributed by atoms with Crippen molar-refractivity contribution in [1.29, 1.82) is 0 Å². The first kappa shape index (κ1) is 24.4. The number of hydrogen-bond acceptors (Lipinski definition) is 8. The van der Waals surface area contributed by atoms with Gasteiger partial charge in [-0.1, -0.05) is 59.8 Å². The predicted octanol–water partition coefficient (Wildman–Crippen LogP) is 3.17. The highest BCUT2D eigenvalue weighted by atomic mass is 35.5. The fourth-order valence-corrected chi connectivity index (χ4v) is 4.77. The molecule has 3 aromatic rings. The molecule has 0 radical (unpaired) electrons. The molecule has 1 aliphatic rings. The number of nitrogens with zero attached hydrogens (tertiary/aromatic N) is 3. The minimum atomic E-state index is -0.319. The molecule has 176 valence electrons. The Balaban J connectivity index is 1.66. The molecule has 34 heavy (non-hydrogen) atoms. The van der Waals surface area contributed by atoms with Crippen LogP contribution in [0.25, 0.3) is 11.7 Å². The molecule has 0 atom stereocenters. The third-order valence-corrected chi connectivity index (χ3v) is 6.73. The maximum absolute atomic E-state index is 13.3. The Bertz CT molecular complexity index is 1330. The number of carbonyl (C=O) groups is 1. The number of rotatable bonds is 9. The van der Waals surface area contributed by atoms with Crippen LogP contribution >= 0.6 is 35.6 Å². The van der Waals surface area contributed by atoms with Gasteiger partial charge in [0.05, 0.1) is 36.8 Å². The highest BCUT2D eigenvalue weighted by molar-refractivity contribution is 8.26. The number of halogens is 1. The van der Waals surface area contributed by atoms with Gasteiger partial charge in [0, 0.05) is 17.8 Å². The van der Waals surface area contributed by atoms with Gasteiger partial charge in [-0.3, -0.25) is 18.9 Å². The minimum Gasteiger partial charge on any atom is -0.394 e. The second kappa shape index (κ2) is 11.1. The smallest absolute Gasteiger partial charge is 0.267 e. The number of pyridine rings is 1. The fourth-order valence-electron chi connectivity index (χ4n) is 3.34. The van der Waals surface area contributed by atoms with E-state index in [1.165, 1.54) is 15.4 Å². The van der Waals surface area contributed by atoms with Gasteiger partial charge in [0.25, 0.3) is 11.5 Å². The summed E-state index contributed by atoms with van der Waals surface area (Å²) < 4.78 is 7.08. The summed E-state index contributed by atoms with van der Waals surface area (Å²) >= 11 is 12.8. The lowest BCUT2D eigenvalue weighted by molar-refractivity contribution is -0.122. The third kappa shape index (κ3) is 5.31. The molecule has 3 heterocycles. The summed E-state index contributed by atoms with van der Waals surface area (Å²) in [4.78, 5) is 32.8. The summed E-state index contributed by atoms with van der Waals surface area (Å²) in [5, 5.41) is 12.5. The number of aliphatic hydroxyl groups is 1. The summed E-state index contributed by atoms with van der Waals surface area (Å²) in [5.74, 6) is 0.0323. The van der Waals surface area contributed by atoms with Gasteiger partial charge in [0.15, 0.2) is 0 Å². The molecule has 0 aliphatic carbocycles. The van der Waals surface area contributed by atoms with E-state index in [0.717, 1.165) is 17.3 Å². The number of benzene rings is 1. The summed E-state index contributed by atoms with van der Waals surface area (Å²) in [5.41, 5.74) is 1.17. The second-order valence-electron chi connectivity index (χ2n) is 7.23. The minimum absolute atomic E-state index is 0.0726. The van der Waals surface area contributed by atoms with Gasteiger partial charge in [0.1, 0.15) is 15.8 Å². The van der Waals surface area contributed by atoms with E-state index < -0.39 is 0 Å². The molecular weight excluding hydrogens is 496 g/mol. The molecule has 2 N–H and O–H groups in total. The first-order chi connectivity index (χ1) is 16.5. The van der Waals surface area contributed by atoms with Crippen molar-refractivity contribution >= 4 is 63.3 Å². The van der Waals surface area contributed by atoms with Gasteiger partial charge < -0.3 is 15.2 Å². The average Bonchev–Trinajstić information content (AvgIpc) is 3.10. The predicted molar refractivity (Wildman–Crippen MR) is 138 cm³/mol. The van der Waals surface area contributed by atoms with Gasteiger partial charge in [-0.25, -0.2) is 4.98 Å². The zero-order valence-corrected chi connectivity index (χ0v) is 20.3. The molecule has 1 saturated heterocycles. The zero-order valence-electron chi connectivity index (χ0n) is 17.9. The number of anilines is 1. The van der Waals surface area contributed by atoms with Crippen LogP contribution in [0.1, 0.15) is 11.1 Å². The van der Waals surface area contributed by atoms with Crippen molar-refractivity contribution in [3.63, 3.8) is 0 Å². The van der Waals surface area contributed by atoms with E-state index in [9.17, 15) is 9.59 Å². The summed E-state index contributed by atoms with van der Waals surface area (Å²) in [6.45, 7) is 1.07. The van der Waals surface area contributed by atoms with Crippen molar-refractivity contribution in [1.82, 2.24) is 14.3 Å². The number of aromatic nitrogens is 2. The molecule has 1 aromatic carbocycles. The van der Waals surface area contributed by atoms with Crippen molar-refractivity contribution in [2.75, 3.05) is 31.7 Å². The van der Waals surface area contributed by atoms with E-state index in [2.05, 4.69) is 10.3 Å². The number of nitrogens with one attached hydrogen (secondary N) is 1. The molecule has 8 nitrogen and oxygen atoms in total. The molecule has 0 saturated carbocycles. The molecule has 1 fully saturated rings. The Morgan fingerprint density at radius 3 is 2.76 bits per heavy atom. The van der Waals surface area contributed by atoms with Crippen LogP contribution in [-0.4, -0.2) is 56.0 Å². The van der Waals surface area contributed by atoms with Gasteiger partial charge in [-0.05, 0) is 29.8 Å². The second-order valence-corrected chi connectivity index (χ2v) is 9.31. The number of fused-ring (bicyclic) bond motifs is 1. The monoisotopic (exact) mass is 516 g/mol. The normalized spacial score (nSPS) is 15.0. The molecule has 11 heteroatoms. The van der Waals surface area contributed by atoms with Crippen molar-refractivity contribution in [3.05, 3.63) is 80.1 Å². The van der Waals surface area contributed by atoms with Gasteiger partial charge in [-0.15, -0.1) is 0 Å². The van der Waals surface area contributed by atoms with E-state index in [4.69, 9.17) is 33.7 Å². The SMILES string of the molecule is O=C1/C(=C/c2c(NCCOCCO)nc3ccccn3c2=O)SC(=S)N1Cc1ccccc1Cl. The van der Waals surface area contributed by atoms with Gasteiger partial charge in [0.2, 0.25) is 0 Å². The van der Waals surface area contributed by atoms with Gasteiger partial charge in [-0.2, -0.15) is 0 Å². The van der Waals surface area contributed by atoms with Crippen LogP contribution < -0.4 is 10.9 Å².